The van der Waals surface area contributed by atoms with Gasteiger partial charge in [-0.2, -0.15) is 0 Å². The van der Waals surface area contributed by atoms with Crippen molar-refractivity contribution in [1.82, 2.24) is 5.32 Å². The minimum Gasteiger partial charge on any atom is -0.317 e. The monoisotopic (exact) mass is 225 g/mol. The lowest BCUT2D eigenvalue weighted by atomic mass is 10.0. The molecule has 0 radical (unpaired) electrons. The van der Waals surface area contributed by atoms with E-state index in [1.807, 2.05) is 0 Å². The van der Waals surface area contributed by atoms with Gasteiger partial charge in [0.15, 0.2) is 0 Å². The van der Waals surface area contributed by atoms with E-state index in [1.165, 1.54) is 23.7 Å². The zero-order valence-electron chi connectivity index (χ0n) is 10.3. The molecule has 2 aromatic rings. The van der Waals surface area contributed by atoms with E-state index in [9.17, 15) is 0 Å². The summed E-state index contributed by atoms with van der Waals surface area (Å²) >= 11 is 0. The van der Waals surface area contributed by atoms with Gasteiger partial charge in [-0.1, -0.05) is 49.4 Å². The second-order valence-corrected chi connectivity index (χ2v) is 4.98. The lowest BCUT2D eigenvalue weighted by Crippen LogP contribution is -2.16. The number of rotatable bonds is 4. The first-order chi connectivity index (χ1) is 8.40. The largest absolute Gasteiger partial charge is 0.317 e. The van der Waals surface area contributed by atoms with Crippen LogP contribution in [0.25, 0.3) is 10.8 Å². The molecule has 1 saturated carbocycles. The van der Waals surface area contributed by atoms with Crippen molar-refractivity contribution in [1.29, 1.82) is 0 Å². The van der Waals surface area contributed by atoms with E-state index in [0.717, 1.165) is 18.4 Å². The van der Waals surface area contributed by atoms with Crippen molar-refractivity contribution in [2.45, 2.75) is 19.3 Å². The van der Waals surface area contributed by atoms with Crippen molar-refractivity contribution < 1.29 is 0 Å². The van der Waals surface area contributed by atoms with Gasteiger partial charge in [-0.25, -0.2) is 0 Å². The Morgan fingerprint density at radius 3 is 2.82 bits per heavy atom. The second kappa shape index (κ2) is 4.50. The molecule has 0 saturated heterocycles. The second-order valence-electron chi connectivity index (χ2n) is 4.98. The van der Waals surface area contributed by atoms with Gasteiger partial charge in [-0.15, -0.1) is 0 Å². The van der Waals surface area contributed by atoms with Crippen molar-refractivity contribution in [3.8, 4) is 0 Å². The Hall–Kier alpha value is -1.34. The van der Waals surface area contributed by atoms with Gasteiger partial charge in [-0.3, -0.25) is 0 Å². The van der Waals surface area contributed by atoms with Gasteiger partial charge in [-0.05, 0) is 47.7 Å². The Kier molecular flexibility index (Phi) is 2.86. The summed E-state index contributed by atoms with van der Waals surface area (Å²) < 4.78 is 0. The van der Waals surface area contributed by atoms with Crippen LogP contribution in [0.4, 0.5) is 0 Å². The molecule has 0 amide bonds. The quantitative estimate of drug-likeness (QED) is 0.839. The van der Waals surface area contributed by atoms with Crippen LogP contribution in [0, 0.1) is 5.92 Å². The molecule has 17 heavy (non-hydrogen) atoms. The van der Waals surface area contributed by atoms with Crippen molar-refractivity contribution in [2.24, 2.45) is 5.92 Å². The van der Waals surface area contributed by atoms with Crippen LogP contribution in [0.2, 0.25) is 0 Å². The third-order valence-electron chi connectivity index (χ3n) is 3.80. The Labute approximate surface area is 103 Å². The first-order valence-electron chi connectivity index (χ1n) is 6.58. The first kappa shape index (κ1) is 10.8. The van der Waals surface area contributed by atoms with Gasteiger partial charge in [0.1, 0.15) is 0 Å². The zero-order valence-corrected chi connectivity index (χ0v) is 10.3. The predicted molar refractivity (Wildman–Crippen MR) is 73.3 cm³/mol. The predicted octanol–water partition coefficient (Wildman–Crippen LogP) is 3.55. The lowest BCUT2D eigenvalue weighted by molar-refractivity contribution is 0.650. The topological polar surface area (TPSA) is 12.0 Å². The first-order valence-corrected chi connectivity index (χ1v) is 6.58. The molecule has 2 unspecified atom stereocenters. The zero-order chi connectivity index (χ0) is 11.7. The van der Waals surface area contributed by atoms with E-state index >= 15 is 0 Å². The molecular formula is C16H19N. The summed E-state index contributed by atoms with van der Waals surface area (Å²) in [7, 11) is 0. The van der Waals surface area contributed by atoms with Gasteiger partial charge < -0.3 is 5.32 Å². The van der Waals surface area contributed by atoms with E-state index in [-0.39, 0.29) is 0 Å². The molecule has 0 aromatic heterocycles. The van der Waals surface area contributed by atoms with Crippen LogP contribution in [-0.4, -0.2) is 13.1 Å². The SMILES string of the molecule is CCNCC1CC1c1cccc2ccccc12. The molecule has 1 aliphatic carbocycles. The molecule has 1 fully saturated rings. The molecule has 1 nitrogen and oxygen atoms in total. The van der Waals surface area contributed by atoms with E-state index < -0.39 is 0 Å². The van der Waals surface area contributed by atoms with Crippen molar-refractivity contribution in [3.05, 3.63) is 48.0 Å². The molecule has 0 aliphatic heterocycles. The molecule has 2 aromatic carbocycles. The average Bonchev–Trinajstić information content (AvgIpc) is 3.15. The van der Waals surface area contributed by atoms with Crippen molar-refractivity contribution in [3.63, 3.8) is 0 Å². The number of nitrogens with one attached hydrogen (secondary N) is 1. The lowest BCUT2D eigenvalue weighted by Gasteiger charge is -2.06. The fourth-order valence-electron chi connectivity index (χ4n) is 2.76. The van der Waals surface area contributed by atoms with Gasteiger partial charge in [0.25, 0.3) is 0 Å². The molecule has 0 bridgehead atoms. The third kappa shape index (κ3) is 2.07. The minimum atomic E-state index is 0.778. The Balaban J connectivity index is 1.87. The van der Waals surface area contributed by atoms with Crippen LogP contribution in [0.1, 0.15) is 24.8 Å². The fourth-order valence-corrected chi connectivity index (χ4v) is 2.76. The summed E-state index contributed by atoms with van der Waals surface area (Å²) in [6.07, 6.45) is 1.35. The molecule has 1 aliphatic rings. The number of fused-ring (bicyclic) bond motifs is 1. The summed E-state index contributed by atoms with van der Waals surface area (Å²) in [6.45, 7) is 4.43. The van der Waals surface area contributed by atoms with Crippen molar-refractivity contribution in [2.75, 3.05) is 13.1 Å². The summed E-state index contributed by atoms with van der Waals surface area (Å²) in [5.41, 5.74) is 1.55. The number of benzene rings is 2. The van der Waals surface area contributed by atoms with E-state index in [1.54, 1.807) is 5.56 Å². The van der Waals surface area contributed by atoms with Crippen LogP contribution in [0.5, 0.6) is 0 Å². The van der Waals surface area contributed by atoms with Crippen LogP contribution < -0.4 is 5.32 Å². The summed E-state index contributed by atoms with van der Waals surface area (Å²) in [4.78, 5) is 0. The van der Waals surface area contributed by atoms with Crippen molar-refractivity contribution >= 4 is 10.8 Å². The van der Waals surface area contributed by atoms with Crippen LogP contribution in [0.3, 0.4) is 0 Å². The van der Waals surface area contributed by atoms with Crippen LogP contribution >= 0.6 is 0 Å². The number of hydrogen-bond donors (Lipinski definition) is 1. The summed E-state index contributed by atoms with van der Waals surface area (Å²) in [6, 6.07) is 15.4. The highest BCUT2D eigenvalue weighted by atomic mass is 14.9. The molecular weight excluding hydrogens is 206 g/mol. The summed E-state index contributed by atoms with van der Waals surface area (Å²) in [5.74, 6) is 1.63. The average molecular weight is 225 g/mol. The molecule has 0 spiro atoms. The molecule has 1 heteroatoms. The highest BCUT2D eigenvalue weighted by Crippen LogP contribution is 2.48. The highest BCUT2D eigenvalue weighted by Gasteiger charge is 2.38. The van der Waals surface area contributed by atoms with Crippen LogP contribution in [-0.2, 0) is 0 Å². The standard InChI is InChI=1S/C16H19N/c1-2-17-11-13-10-16(13)15-9-5-7-12-6-3-4-8-14(12)15/h3-9,13,16-17H,2,10-11H2,1H3. The Bertz CT molecular complexity index is 512. The third-order valence-corrected chi connectivity index (χ3v) is 3.80. The van der Waals surface area contributed by atoms with Gasteiger partial charge in [0.2, 0.25) is 0 Å². The Morgan fingerprint density at radius 1 is 1.12 bits per heavy atom. The van der Waals surface area contributed by atoms with Gasteiger partial charge >= 0.3 is 0 Å². The van der Waals surface area contributed by atoms with Gasteiger partial charge in [0.05, 0.1) is 0 Å². The highest BCUT2D eigenvalue weighted by molar-refractivity contribution is 5.86. The van der Waals surface area contributed by atoms with Crippen LogP contribution in [0.15, 0.2) is 42.5 Å². The smallest absolute Gasteiger partial charge is 0.00146 e. The fraction of sp³-hybridized carbons (Fsp3) is 0.375. The van der Waals surface area contributed by atoms with Gasteiger partial charge in [0, 0.05) is 0 Å². The minimum absolute atomic E-state index is 0.778. The van der Waals surface area contributed by atoms with E-state index in [4.69, 9.17) is 0 Å². The Morgan fingerprint density at radius 2 is 1.94 bits per heavy atom. The summed E-state index contributed by atoms with van der Waals surface area (Å²) in [5, 5.41) is 6.28. The normalized spacial score (nSPS) is 22.9. The van der Waals surface area contributed by atoms with E-state index in [0.29, 0.717) is 0 Å². The molecule has 88 valence electrons. The maximum absolute atomic E-state index is 3.46. The number of hydrogen-bond acceptors (Lipinski definition) is 1. The molecule has 3 rings (SSSR count). The maximum Gasteiger partial charge on any atom is -0.00146 e. The molecule has 1 N–H and O–H groups in total. The maximum atomic E-state index is 3.46. The van der Waals surface area contributed by atoms with E-state index in [2.05, 4.69) is 54.7 Å². The molecule has 0 heterocycles. The molecule has 2 atom stereocenters.